The molecule has 216 valence electrons. The second-order valence-corrected chi connectivity index (χ2v) is 9.64. The Hall–Kier alpha value is -4.97. The molecule has 0 spiro atoms. The fourth-order valence-corrected chi connectivity index (χ4v) is 4.71. The van der Waals surface area contributed by atoms with Crippen molar-refractivity contribution in [1.29, 1.82) is 0 Å². The van der Waals surface area contributed by atoms with Crippen LogP contribution in [-0.4, -0.2) is 43.7 Å². The largest absolute Gasteiger partial charge is 0.469 e. The summed E-state index contributed by atoms with van der Waals surface area (Å²) in [5.74, 6) is -5.40. The molecule has 5 rings (SSSR count). The number of rotatable bonds is 9. The third kappa shape index (κ3) is 5.23. The number of ether oxygens (including phenoxy) is 2. The number of H-pyrrole nitrogens is 1. The summed E-state index contributed by atoms with van der Waals surface area (Å²) in [6.45, 7) is 1.07. The number of hydrogen-bond donors (Lipinski definition) is 2. The Labute approximate surface area is 237 Å². The first-order valence-electron chi connectivity index (χ1n) is 12.8. The van der Waals surface area contributed by atoms with Gasteiger partial charge < -0.3 is 19.6 Å². The Bertz CT molecular complexity index is 1830. The van der Waals surface area contributed by atoms with Crippen LogP contribution in [0, 0.1) is 23.4 Å². The minimum Gasteiger partial charge on any atom is -0.469 e. The lowest BCUT2D eigenvalue weighted by Gasteiger charge is -2.14. The summed E-state index contributed by atoms with van der Waals surface area (Å²) in [6.07, 6.45) is 1.75. The van der Waals surface area contributed by atoms with E-state index in [1.807, 2.05) is 0 Å². The predicted molar refractivity (Wildman–Crippen MR) is 145 cm³/mol. The molecule has 5 aromatic rings. The van der Waals surface area contributed by atoms with E-state index in [2.05, 4.69) is 15.1 Å². The van der Waals surface area contributed by atoms with Crippen molar-refractivity contribution in [3.8, 4) is 22.9 Å². The van der Waals surface area contributed by atoms with E-state index in [1.165, 1.54) is 43.2 Å². The minimum absolute atomic E-state index is 0.00535. The quantitative estimate of drug-likeness (QED) is 0.181. The molecule has 2 N–H and O–H groups in total. The van der Waals surface area contributed by atoms with Crippen molar-refractivity contribution in [3.63, 3.8) is 0 Å². The number of aliphatic hydroxyl groups excluding tert-OH is 1. The van der Waals surface area contributed by atoms with Gasteiger partial charge in [0.15, 0.2) is 17.4 Å². The smallest absolute Gasteiger partial charge is 0.308 e. The highest BCUT2D eigenvalue weighted by molar-refractivity contribution is 6.06. The number of aryl methyl sites for hydroxylation is 1. The molecule has 1 unspecified atom stereocenters. The number of ketones is 1. The number of aromatic nitrogens is 4. The number of nitrogens with zero attached hydrogens (tertiary/aromatic N) is 3. The SMILES string of the molecule is COC(=O)C(C)Cc1cccc(C(=O)c2nc(-c3cc(Oc4c(F)c(F)c5[nH]ccc5c4CO)ccc3F)n(C)n2)c1. The van der Waals surface area contributed by atoms with Crippen LogP contribution in [0.2, 0.25) is 0 Å². The fourth-order valence-electron chi connectivity index (χ4n) is 4.71. The molecule has 0 fully saturated rings. The van der Waals surface area contributed by atoms with Crippen LogP contribution in [-0.2, 0) is 29.6 Å². The Kier molecular flexibility index (Phi) is 7.81. The third-order valence-corrected chi connectivity index (χ3v) is 6.82. The summed E-state index contributed by atoms with van der Waals surface area (Å²) < 4.78 is 56.1. The first-order chi connectivity index (χ1) is 20.1. The van der Waals surface area contributed by atoms with E-state index in [9.17, 15) is 27.9 Å². The van der Waals surface area contributed by atoms with Gasteiger partial charge in [0, 0.05) is 29.8 Å². The molecular formula is C30H25F3N4O5. The van der Waals surface area contributed by atoms with Crippen molar-refractivity contribution >= 4 is 22.7 Å². The van der Waals surface area contributed by atoms with E-state index in [0.29, 0.717) is 6.42 Å². The van der Waals surface area contributed by atoms with Crippen LogP contribution < -0.4 is 4.74 Å². The predicted octanol–water partition coefficient (Wildman–Crippen LogP) is 5.25. The third-order valence-electron chi connectivity index (χ3n) is 6.82. The van der Waals surface area contributed by atoms with E-state index in [4.69, 9.17) is 9.47 Å². The maximum atomic E-state index is 15.0. The number of nitrogens with one attached hydrogen (secondary N) is 1. The van der Waals surface area contributed by atoms with Gasteiger partial charge in [0.2, 0.25) is 17.4 Å². The molecular weight excluding hydrogens is 553 g/mol. The van der Waals surface area contributed by atoms with Crippen molar-refractivity contribution < 1.29 is 37.3 Å². The average Bonchev–Trinajstić information content (AvgIpc) is 3.63. The van der Waals surface area contributed by atoms with Gasteiger partial charge in [-0.25, -0.2) is 18.4 Å². The first-order valence-corrected chi connectivity index (χ1v) is 12.8. The molecule has 2 heterocycles. The average molecular weight is 579 g/mol. The van der Waals surface area contributed by atoms with Gasteiger partial charge >= 0.3 is 5.97 Å². The summed E-state index contributed by atoms with van der Waals surface area (Å²) >= 11 is 0. The molecule has 0 saturated carbocycles. The summed E-state index contributed by atoms with van der Waals surface area (Å²) in [7, 11) is 2.78. The van der Waals surface area contributed by atoms with Gasteiger partial charge in [-0.3, -0.25) is 9.59 Å². The van der Waals surface area contributed by atoms with Crippen molar-refractivity contribution in [2.75, 3.05) is 7.11 Å². The van der Waals surface area contributed by atoms with Crippen LogP contribution in [0.3, 0.4) is 0 Å². The number of benzene rings is 3. The van der Waals surface area contributed by atoms with E-state index >= 15 is 0 Å². The van der Waals surface area contributed by atoms with Crippen LogP contribution in [0.5, 0.6) is 11.5 Å². The minimum atomic E-state index is -1.32. The summed E-state index contributed by atoms with van der Waals surface area (Å²) in [5, 5.41) is 14.3. The lowest BCUT2D eigenvalue weighted by molar-refractivity contribution is -0.144. The summed E-state index contributed by atoms with van der Waals surface area (Å²) in [5.41, 5.74) is 0.772. The fraction of sp³-hybridized carbons (Fsp3) is 0.200. The molecule has 1 atom stereocenters. The number of halogens is 3. The molecule has 0 aliphatic rings. The lowest BCUT2D eigenvalue weighted by atomic mass is 9.98. The summed E-state index contributed by atoms with van der Waals surface area (Å²) in [4.78, 5) is 31.9. The van der Waals surface area contributed by atoms with Crippen molar-refractivity contribution in [2.45, 2.75) is 20.0 Å². The van der Waals surface area contributed by atoms with Gasteiger partial charge in [-0.05, 0) is 42.3 Å². The molecule has 0 aliphatic carbocycles. The van der Waals surface area contributed by atoms with E-state index in [0.717, 1.165) is 11.6 Å². The van der Waals surface area contributed by atoms with Gasteiger partial charge in [-0.1, -0.05) is 25.1 Å². The van der Waals surface area contributed by atoms with Crippen molar-refractivity contribution in [3.05, 3.63) is 94.7 Å². The lowest BCUT2D eigenvalue weighted by Crippen LogP contribution is -2.15. The van der Waals surface area contributed by atoms with Crippen LogP contribution in [0.4, 0.5) is 13.2 Å². The van der Waals surface area contributed by atoms with Gasteiger partial charge in [0.1, 0.15) is 11.6 Å². The van der Waals surface area contributed by atoms with Crippen LogP contribution >= 0.6 is 0 Å². The van der Waals surface area contributed by atoms with Crippen LogP contribution in [0.25, 0.3) is 22.3 Å². The van der Waals surface area contributed by atoms with Crippen LogP contribution in [0.1, 0.15) is 34.2 Å². The van der Waals surface area contributed by atoms with Gasteiger partial charge in [-0.15, -0.1) is 5.10 Å². The number of fused-ring (bicyclic) bond motifs is 1. The Morgan fingerprint density at radius 2 is 1.88 bits per heavy atom. The molecule has 0 aliphatic heterocycles. The zero-order chi connectivity index (χ0) is 30.1. The van der Waals surface area contributed by atoms with Crippen molar-refractivity contribution in [1.82, 2.24) is 19.7 Å². The molecule has 12 heteroatoms. The number of carbonyl (C=O) groups is 2. The van der Waals surface area contributed by atoms with Gasteiger partial charge in [0.05, 0.1) is 30.7 Å². The molecule has 0 radical (unpaired) electrons. The molecule has 0 bridgehead atoms. The molecule has 9 nitrogen and oxygen atoms in total. The second-order valence-electron chi connectivity index (χ2n) is 9.64. The normalized spacial score (nSPS) is 12.0. The highest BCUT2D eigenvalue weighted by Crippen LogP contribution is 2.37. The van der Waals surface area contributed by atoms with E-state index in [-0.39, 0.29) is 51.0 Å². The molecule has 0 saturated heterocycles. The number of aromatic amines is 1. The Morgan fingerprint density at radius 3 is 2.62 bits per heavy atom. The molecule has 0 amide bonds. The Morgan fingerprint density at radius 1 is 1.10 bits per heavy atom. The van der Waals surface area contributed by atoms with Crippen LogP contribution in [0.15, 0.2) is 54.7 Å². The monoisotopic (exact) mass is 578 g/mol. The second kappa shape index (κ2) is 11.5. The van der Waals surface area contributed by atoms with E-state index in [1.54, 1.807) is 31.2 Å². The molecule has 3 aromatic carbocycles. The molecule has 42 heavy (non-hydrogen) atoms. The molecule has 2 aromatic heterocycles. The number of carbonyl (C=O) groups excluding carboxylic acids is 2. The standard InChI is InChI=1S/C30H25F3N4O5/c1-15(30(40)41-3)11-16-5-4-6-17(12-16)26(39)28-35-29(37(2)36-28)20-13-18(7-8-22(20)31)42-27-21(14-38)19-9-10-34-25(19)23(32)24(27)33/h4-10,12-13,15,34,38H,11,14H2,1-3H3. The maximum absolute atomic E-state index is 15.0. The van der Waals surface area contributed by atoms with Gasteiger partial charge in [-0.2, -0.15) is 4.39 Å². The maximum Gasteiger partial charge on any atom is 0.308 e. The van der Waals surface area contributed by atoms with Gasteiger partial charge in [0.25, 0.3) is 0 Å². The highest BCUT2D eigenvalue weighted by Gasteiger charge is 2.24. The zero-order valence-electron chi connectivity index (χ0n) is 22.7. The number of aliphatic hydroxyl groups is 1. The number of esters is 1. The summed E-state index contributed by atoms with van der Waals surface area (Å²) in [6, 6.07) is 11.6. The number of methoxy groups -OCH3 is 1. The Balaban J connectivity index is 1.46. The zero-order valence-corrected chi connectivity index (χ0v) is 22.7. The van der Waals surface area contributed by atoms with E-state index < -0.39 is 41.5 Å². The number of hydrogen-bond acceptors (Lipinski definition) is 7. The van der Waals surface area contributed by atoms with Crippen molar-refractivity contribution in [2.24, 2.45) is 13.0 Å². The highest BCUT2D eigenvalue weighted by atomic mass is 19.2. The first kappa shape index (κ1) is 28.6. The topological polar surface area (TPSA) is 119 Å².